The molecule has 0 bridgehead atoms. The highest BCUT2D eigenvalue weighted by Crippen LogP contribution is 2.24. The SMILES string of the molecule is NC(=NCCSc1nonc1C(=Nc1ccc(F)c(Br)c1)NO)c1nonc1N. The van der Waals surface area contributed by atoms with E-state index in [4.69, 9.17) is 16.1 Å². The van der Waals surface area contributed by atoms with Gasteiger partial charge in [0.25, 0.3) is 0 Å². The molecule has 0 unspecified atom stereocenters. The Morgan fingerprint density at radius 2 is 2.00 bits per heavy atom. The first kappa shape index (κ1) is 20.7. The number of hydrogen-bond acceptors (Lipinski definition) is 11. The third-order valence-electron chi connectivity index (χ3n) is 3.30. The fourth-order valence-corrected chi connectivity index (χ4v) is 3.09. The molecule has 0 aliphatic carbocycles. The molecular weight excluding hydrogens is 473 g/mol. The number of aliphatic imine (C=N–C) groups is 2. The van der Waals surface area contributed by atoms with Crippen LogP contribution in [0.25, 0.3) is 0 Å². The topological polar surface area (TPSA) is 187 Å². The maximum absolute atomic E-state index is 13.4. The van der Waals surface area contributed by atoms with E-state index in [2.05, 4.69) is 51.2 Å². The number of hydrogen-bond donors (Lipinski definition) is 4. The molecule has 0 spiro atoms. The van der Waals surface area contributed by atoms with Crippen LogP contribution in [0.15, 0.2) is 46.9 Å². The lowest BCUT2D eigenvalue weighted by molar-refractivity contribution is 0.234. The van der Waals surface area contributed by atoms with E-state index in [9.17, 15) is 9.60 Å². The fourth-order valence-electron chi connectivity index (χ4n) is 1.99. The molecule has 1 aromatic carbocycles. The Bertz CT molecular complexity index is 1050. The standard InChI is InChI=1S/C14H13BrFN9O3S/c15-7-5-6(1-2-8(7)16)20-13(21-26)10-14(25-28-23-10)29-4-3-19-11(17)9-12(18)24-27-22-9/h1-2,5,26H,3-4H2,(H2,17,19)(H2,18,24)(H,20,21). The molecule has 3 aromatic rings. The van der Waals surface area contributed by atoms with Crippen molar-refractivity contribution in [2.24, 2.45) is 15.7 Å². The van der Waals surface area contributed by atoms with E-state index in [0.29, 0.717) is 23.0 Å². The normalized spacial score (nSPS) is 12.4. The molecule has 152 valence electrons. The smallest absolute Gasteiger partial charge is 0.199 e. The van der Waals surface area contributed by atoms with Gasteiger partial charge in [-0.2, -0.15) is 0 Å². The Morgan fingerprint density at radius 1 is 1.24 bits per heavy atom. The van der Waals surface area contributed by atoms with Crippen LogP contribution in [-0.4, -0.2) is 49.8 Å². The maximum Gasteiger partial charge on any atom is 0.199 e. The number of thioether (sulfide) groups is 1. The van der Waals surface area contributed by atoms with Crippen LogP contribution in [0.5, 0.6) is 0 Å². The molecule has 0 saturated heterocycles. The summed E-state index contributed by atoms with van der Waals surface area (Å²) >= 11 is 4.31. The number of amidine groups is 2. The van der Waals surface area contributed by atoms with E-state index in [1.54, 1.807) is 0 Å². The number of rotatable bonds is 7. The largest absolute Gasteiger partial charge is 0.382 e. The quantitative estimate of drug-likeness (QED) is 0.125. The maximum atomic E-state index is 13.4. The molecule has 3 rings (SSSR count). The number of nitrogens with two attached hydrogens (primary N) is 2. The van der Waals surface area contributed by atoms with Crippen molar-refractivity contribution in [1.29, 1.82) is 0 Å². The van der Waals surface area contributed by atoms with Crippen LogP contribution in [0.4, 0.5) is 15.9 Å². The van der Waals surface area contributed by atoms with E-state index in [0.717, 1.165) is 0 Å². The average Bonchev–Trinajstić information content (AvgIpc) is 3.34. The molecule has 0 amide bonds. The highest BCUT2D eigenvalue weighted by Gasteiger charge is 2.17. The Morgan fingerprint density at radius 3 is 2.69 bits per heavy atom. The Hall–Kier alpha value is -3.04. The van der Waals surface area contributed by atoms with Gasteiger partial charge in [-0.05, 0) is 54.8 Å². The number of anilines is 1. The van der Waals surface area contributed by atoms with Crippen LogP contribution in [0.2, 0.25) is 0 Å². The van der Waals surface area contributed by atoms with Crippen molar-refractivity contribution in [3.63, 3.8) is 0 Å². The highest BCUT2D eigenvalue weighted by atomic mass is 79.9. The van der Waals surface area contributed by atoms with Crippen LogP contribution >= 0.6 is 27.7 Å². The fraction of sp³-hybridized carbons (Fsp3) is 0.143. The molecule has 29 heavy (non-hydrogen) atoms. The van der Waals surface area contributed by atoms with Crippen molar-refractivity contribution in [1.82, 2.24) is 26.1 Å². The summed E-state index contributed by atoms with van der Waals surface area (Å²) in [5, 5.41) is 24.3. The molecule has 0 fully saturated rings. The number of benzene rings is 1. The molecule has 0 aliphatic heterocycles. The Kier molecular flexibility index (Phi) is 6.73. The lowest BCUT2D eigenvalue weighted by atomic mass is 10.3. The average molecular weight is 486 g/mol. The zero-order chi connectivity index (χ0) is 20.8. The lowest BCUT2D eigenvalue weighted by Crippen LogP contribution is -2.21. The molecule has 0 atom stereocenters. The summed E-state index contributed by atoms with van der Waals surface area (Å²) in [4.78, 5) is 8.30. The molecule has 2 aromatic heterocycles. The van der Waals surface area contributed by atoms with Crippen LogP contribution in [0.3, 0.4) is 0 Å². The third kappa shape index (κ3) is 5.07. The van der Waals surface area contributed by atoms with Crippen molar-refractivity contribution in [2.45, 2.75) is 5.03 Å². The summed E-state index contributed by atoms with van der Waals surface area (Å²) in [5.74, 6) is 0.100. The molecule has 2 heterocycles. The molecule has 0 saturated carbocycles. The van der Waals surface area contributed by atoms with Crippen LogP contribution < -0.4 is 16.9 Å². The number of nitrogens with zero attached hydrogens (tertiary/aromatic N) is 6. The van der Waals surface area contributed by atoms with Gasteiger partial charge in [0.15, 0.2) is 33.9 Å². The first-order valence-electron chi connectivity index (χ1n) is 7.77. The van der Waals surface area contributed by atoms with Crippen molar-refractivity contribution < 1.29 is 18.9 Å². The monoisotopic (exact) mass is 485 g/mol. The lowest BCUT2D eigenvalue weighted by Gasteiger charge is -2.03. The number of hydroxylamine groups is 1. The van der Waals surface area contributed by atoms with Gasteiger partial charge in [0, 0.05) is 5.75 Å². The van der Waals surface area contributed by atoms with E-state index >= 15 is 0 Å². The number of aromatic nitrogens is 4. The minimum Gasteiger partial charge on any atom is -0.382 e. The van der Waals surface area contributed by atoms with E-state index < -0.39 is 5.82 Å². The Balaban J connectivity index is 1.68. The van der Waals surface area contributed by atoms with Crippen LogP contribution in [0, 0.1) is 5.82 Å². The number of halogens is 2. The van der Waals surface area contributed by atoms with Crippen molar-refractivity contribution in [3.8, 4) is 0 Å². The first-order chi connectivity index (χ1) is 14.0. The second-order valence-electron chi connectivity index (χ2n) is 5.20. The van der Waals surface area contributed by atoms with Gasteiger partial charge in [-0.25, -0.2) is 18.6 Å². The third-order valence-corrected chi connectivity index (χ3v) is 4.84. The number of nitrogens with one attached hydrogen (secondary N) is 1. The van der Waals surface area contributed by atoms with Gasteiger partial charge in [-0.1, -0.05) is 11.8 Å². The zero-order valence-electron chi connectivity index (χ0n) is 14.4. The van der Waals surface area contributed by atoms with Crippen molar-refractivity contribution in [3.05, 3.63) is 39.9 Å². The van der Waals surface area contributed by atoms with Crippen molar-refractivity contribution >= 4 is 50.9 Å². The molecule has 0 aliphatic rings. The van der Waals surface area contributed by atoms with Gasteiger partial charge in [-0.15, -0.1) is 0 Å². The second-order valence-corrected chi connectivity index (χ2v) is 7.14. The predicted octanol–water partition coefficient (Wildman–Crippen LogP) is 1.49. The summed E-state index contributed by atoms with van der Waals surface area (Å²) in [7, 11) is 0. The minimum absolute atomic E-state index is 0.0308. The van der Waals surface area contributed by atoms with Crippen molar-refractivity contribution in [2.75, 3.05) is 18.0 Å². The summed E-state index contributed by atoms with van der Waals surface area (Å²) in [5.41, 5.74) is 13.9. The van der Waals surface area contributed by atoms with Gasteiger partial charge in [0.05, 0.1) is 16.7 Å². The molecule has 12 nitrogen and oxygen atoms in total. The van der Waals surface area contributed by atoms with Gasteiger partial charge in [-0.3, -0.25) is 15.7 Å². The summed E-state index contributed by atoms with van der Waals surface area (Å²) in [6, 6.07) is 4.10. The van der Waals surface area contributed by atoms with E-state index in [1.807, 2.05) is 5.48 Å². The first-order valence-corrected chi connectivity index (χ1v) is 9.55. The Labute approximate surface area is 174 Å². The van der Waals surface area contributed by atoms with Gasteiger partial charge in [0.1, 0.15) is 5.82 Å². The predicted molar refractivity (Wildman–Crippen MR) is 105 cm³/mol. The summed E-state index contributed by atoms with van der Waals surface area (Å²) < 4.78 is 22.8. The van der Waals surface area contributed by atoms with Crippen LogP contribution in [-0.2, 0) is 0 Å². The zero-order valence-corrected chi connectivity index (χ0v) is 16.8. The van der Waals surface area contributed by atoms with E-state index in [-0.39, 0.29) is 33.3 Å². The minimum atomic E-state index is -0.440. The molecule has 6 N–H and O–H groups in total. The molecular formula is C14H13BrFN9O3S. The van der Waals surface area contributed by atoms with Gasteiger partial charge in [0.2, 0.25) is 0 Å². The molecule has 0 radical (unpaired) electrons. The number of nitrogen functional groups attached to an aromatic ring is 1. The second kappa shape index (κ2) is 9.44. The molecule has 15 heteroatoms. The summed E-state index contributed by atoms with van der Waals surface area (Å²) in [6.45, 7) is 0.291. The van der Waals surface area contributed by atoms with E-state index in [1.165, 1.54) is 30.0 Å². The van der Waals surface area contributed by atoms with Crippen LogP contribution in [0.1, 0.15) is 11.4 Å². The highest BCUT2D eigenvalue weighted by molar-refractivity contribution is 9.10. The summed E-state index contributed by atoms with van der Waals surface area (Å²) in [6.07, 6.45) is 0. The van der Waals surface area contributed by atoms with Gasteiger partial charge < -0.3 is 11.5 Å². The van der Waals surface area contributed by atoms with Gasteiger partial charge >= 0.3 is 0 Å².